The predicted octanol–water partition coefficient (Wildman–Crippen LogP) is 4.06. The largest absolute Gasteiger partial charge is 0.298 e. The number of rotatable bonds is 4. The molecule has 2 rings (SSSR count). The van der Waals surface area contributed by atoms with Crippen molar-refractivity contribution >= 4 is 28.4 Å². The van der Waals surface area contributed by atoms with Crippen molar-refractivity contribution in [2.24, 2.45) is 11.8 Å². The average molecular weight is 377 g/mol. The maximum Gasteiger partial charge on any atom is 0.149 e. The molecule has 19 heavy (non-hydrogen) atoms. The second-order valence-electron chi connectivity index (χ2n) is 6.55. The highest BCUT2D eigenvalue weighted by Gasteiger charge is 2.30. The van der Waals surface area contributed by atoms with Gasteiger partial charge < -0.3 is 0 Å². The van der Waals surface area contributed by atoms with Crippen molar-refractivity contribution in [3.05, 3.63) is 0 Å². The lowest BCUT2D eigenvalue weighted by atomic mass is 9.85. The molecule has 1 aliphatic heterocycles. The van der Waals surface area contributed by atoms with Gasteiger partial charge in [-0.15, -0.1) is 0 Å². The zero-order chi connectivity index (χ0) is 13.8. The Bertz CT molecular complexity index is 299. The van der Waals surface area contributed by atoms with Crippen molar-refractivity contribution in [2.45, 2.75) is 68.8 Å². The van der Waals surface area contributed by atoms with E-state index in [0.717, 1.165) is 29.2 Å². The minimum atomic E-state index is 0.361. The van der Waals surface area contributed by atoms with Crippen LogP contribution in [-0.4, -0.2) is 33.7 Å². The molecule has 1 saturated carbocycles. The summed E-state index contributed by atoms with van der Waals surface area (Å²) >= 11 is 2.53. The lowest BCUT2D eigenvalue weighted by Gasteiger charge is -2.38. The number of halogens is 1. The van der Waals surface area contributed by atoms with Crippen LogP contribution in [-0.2, 0) is 4.79 Å². The van der Waals surface area contributed by atoms with E-state index >= 15 is 0 Å². The van der Waals surface area contributed by atoms with Gasteiger partial charge in [0.15, 0.2) is 0 Å². The Morgan fingerprint density at radius 3 is 2.47 bits per heavy atom. The topological polar surface area (TPSA) is 20.3 Å². The Morgan fingerprint density at radius 2 is 1.84 bits per heavy atom. The first-order chi connectivity index (χ1) is 9.10. The van der Waals surface area contributed by atoms with Gasteiger partial charge in [-0.1, -0.05) is 35.9 Å². The number of alkyl halides is 1. The number of carbonyl (C=O) groups is 1. The average Bonchev–Trinajstić information content (AvgIpc) is 2.42. The zero-order valence-corrected chi connectivity index (χ0v) is 14.6. The molecule has 2 nitrogen and oxygen atoms in total. The molecule has 3 heteroatoms. The molecule has 2 unspecified atom stereocenters. The highest BCUT2D eigenvalue weighted by Crippen LogP contribution is 2.30. The van der Waals surface area contributed by atoms with Gasteiger partial charge in [-0.05, 0) is 51.4 Å². The fraction of sp³-hybridized carbons (Fsp3) is 0.938. The minimum absolute atomic E-state index is 0.361. The first kappa shape index (κ1) is 15.7. The van der Waals surface area contributed by atoms with E-state index in [-0.39, 0.29) is 0 Å². The molecule has 0 N–H and O–H groups in total. The fourth-order valence-corrected chi connectivity index (χ4v) is 4.24. The SMILES string of the molecule is CCC1CCC(C)N(CC(=O)C2CCC(I)CC2)C1. The van der Waals surface area contributed by atoms with Gasteiger partial charge in [-0.2, -0.15) is 0 Å². The molecule has 0 aromatic rings. The van der Waals surface area contributed by atoms with Gasteiger partial charge in [0.05, 0.1) is 6.54 Å². The number of hydrogen-bond donors (Lipinski definition) is 0. The predicted molar refractivity (Wildman–Crippen MR) is 88.8 cm³/mol. The van der Waals surface area contributed by atoms with Gasteiger partial charge in [0.2, 0.25) is 0 Å². The van der Waals surface area contributed by atoms with Crippen molar-refractivity contribution in [1.29, 1.82) is 0 Å². The second-order valence-corrected chi connectivity index (χ2v) is 8.31. The van der Waals surface area contributed by atoms with E-state index in [9.17, 15) is 4.79 Å². The molecule has 0 bridgehead atoms. The first-order valence-corrected chi connectivity index (χ1v) is 9.25. The Kier molecular flexibility index (Phi) is 6.12. The standard InChI is InChI=1S/C16H28INO/c1-3-13-5-4-12(2)18(10-13)11-16(19)14-6-8-15(17)9-7-14/h12-15H,3-11H2,1-2H3. The van der Waals surface area contributed by atoms with Gasteiger partial charge in [-0.25, -0.2) is 0 Å². The van der Waals surface area contributed by atoms with Crippen LogP contribution in [0.15, 0.2) is 0 Å². The van der Waals surface area contributed by atoms with E-state index in [1.165, 1.54) is 32.1 Å². The summed E-state index contributed by atoms with van der Waals surface area (Å²) in [5.74, 6) is 1.70. The van der Waals surface area contributed by atoms with Crippen molar-refractivity contribution in [3.8, 4) is 0 Å². The maximum atomic E-state index is 12.5. The summed E-state index contributed by atoms with van der Waals surface area (Å²) in [5.41, 5.74) is 0. The zero-order valence-electron chi connectivity index (χ0n) is 12.4. The minimum Gasteiger partial charge on any atom is -0.298 e. The summed E-state index contributed by atoms with van der Waals surface area (Å²) in [6, 6.07) is 0.604. The van der Waals surface area contributed by atoms with Crippen LogP contribution >= 0.6 is 22.6 Å². The van der Waals surface area contributed by atoms with Crippen LogP contribution in [0.1, 0.15) is 58.8 Å². The van der Waals surface area contributed by atoms with E-state index in [2.05, 4.69) is 41.3 Å². The Balaban J connectivity index is 1.83. The number of hydrogen-bond acceptors (Lipinski definition) is 2. The molecule has 2 atom stereocenters. The van der Waals surface area contributed by atoms with Gasteiger partial charge >= 0.3 is 0 Å². The summed E-state index contributed by atoms with van der Waals surface area (Å²) in [5, 5.41) is 0. The van der Waals surface area contributed by atoms with Crippen molar-refractivity contribution in [3.63, 3.8) is 0 Å². The van der Waals surface area contributed by atoms with Gasteiger partial charge in [0.1, 0.15) is 5.78 Å². The first-order valence-electron chi connectivity index (χ1n) is 8.01. The summed E-state index contributed by atoms with van der Waals surface area (Å²) < 4.78 is 0.806. The molecule has 2 fully saturated rings. The van der Waals surface area contributed by atoms with Crippen LogP contribution < -0.4 is 0 Å². The third-order valence-corrected chi connectivity index (χ3v) is 6.40. The molecule has 0 radical (unpaired) electrons. The van der Waals surface area contributed by atoms with Crippen molar-refractivity contribution in [1.82, 2.24) is 4.90 Å². The van der Waals surface area contributed by atoms with Crippen LogP contribution in [0.25, 0.3) is 0 Å². The second kappa shape index (κ2) is 7.39. The lowest BCUT2D eigenvalue weighted by Crippen LogP contribution is -2.45. The van der Waals surface area contributed by atoms with Crippen molar-refractivity contribution < 1.29 is 4.79 Å². The Morgan fingerprint density at radius 1 is 1.16 bits per heavy atom. The molecule has 0 aromatic carbocycles. The number of piperidine rings is 1. The molecular formula is C16H28INO. The Labute approximate surface area is 131 Å². The molecule has 0 aromatic heterocycles. The lowest BCUT2D eigenvalue weighted by molar-refractivity contribution is -0.126. The number of nitrogens with zero attached hydrogens (tertiary/aromatic N) is 1. The molecule has 110 valence electrons. The molecular weight excluding hydrogens is 349 g/mol. The highest BCUT2D eigenvalue weighted by atomic mass is 127. The van der Waals surface area contributed by atoms with Crippen LogP contribution in [0.5, 0.6) is 0 Å². The number of carbonyl (C=O) groups excluding carboxylic acids is 1. The maximum absolute atomic E-state index is 12.5. The van der Waals surface area contributed by atoms with Crippen molar-refractivity contribution in [2.75, 3.05) is 13.1 Å². The fourth-order valence-electron chi connectivity index (χ4n) is 3.52. The monoisotopic (exact) mass is 377 g/mol. The van der Waals surface area contributed by atoms with Crippen LogP contribution in [0, 0.1) is 11.8 Å². The smallest absolute Gasteiger partial charge is 0.149 e. The number of likely N-dealkylation sites (tertiary alicyclic amines) is 1. The number of ketones is 1. The molecule has 0 spiro atoms. The third-order valence-electron chi connectivity index (χ3n) is 5.16. The molecule has 1 heterocycles. The van der Waals surface area contributed by atoms with Gasteiger partial charge in [0, 0.05) is 22.4 Å². The van der Waals surface area contributed by atoms with E-state index in [1.54, 1.807) is 0 Å². The summed E-state index contributed by atoms with van der Waals surface area (Å²) in [4.78, 5) is 14.9. The third kappa shape index (κ3) is 4.42. The van der Waals surface area contributed by atoms with Crippen LogP contribution in [0.3, 0.4) is 0 Å². The van der Waals surface area contributed by atoms with E-state index in [0.29, 0.717) is 24.3 Å². The highest BCUT2D eigenvalue weighted by molar-refractivity contribution is 14.1. The van der Waals surface area contributed by atoms with Gasteiger partial charge in [0.25, 0.3) is 0 Å². The van der Waals surface area contributed by atoms with E-state index in [4.69, 9.17) is 0 Å². The summed E-state index contributed by atoms with van der Waals surface area (Å²) in [7, 11) is 0. The quantitative estimate of drug-likeness (QED) is 0.544. The summed E-state index contributed by atoms with van der Waals surface area (Å²) in [6.07, 6.45) is 8.62. The van der Waals surface area contributed by atoms with Gasteiger partial charge in [-0.3, -0.25) is 9.69 Å². The van der Waals surface area contributed by atoms with E-state index in [1.807, 2.05) is 0 Å². The Hall–Kier alpha value is 0.360. The molecule has 0 amide bonds. The molecule has 2 aliphatic rings. The van der Waals surface area contributed by atoms with E-state index < -0.39 is 0 Å². The van der Waals surface area contributed by atoms with Crippen LogP contribution in [0.4, 0.5) is 0 Å². The summed E-state index contributed by atoms with van der Waals surface area (Å²) in [6.45, 7) is 6.43. The normalized spacial score (nSPS) is 37.2. The molecule has 1 aliphatic carbocycles. The molecule has 1 saturated heterocycles. The number of Topliss-reactive ketones (excluding diaryl/α,β-unsaturated/α-hetero) is 1. The van der Waals surface area contributed by atoms with Crippen LogP contribution in [0.2, 0.25) is 0 Å².